The Morgan fingerprint density at radius 3 is 3.06 bits per heavy atom. The molecule has 0 amide bonds. The van der Waals surface area contributed by atoms with Gasteiger partial charge < -0.3 is 9.47 Å². The fourth-order valence-electron chi connectivity index (χ4n) is 2.26. The van der Waals surface area contributed by atoms with Crippen LogP contribution in [0.4, 0.5) is 0 Å². The van der Waals surface area contributed by atoms with Crippen molar-refractivity contribution in [1.29, 1.82) is 5.26 Å². The van der Waals surface area contributed by atoms with Gasteiger partial charge in [-0.2, -0.15) is 5.26 Å². The van der Waals surface area contributed by atoms with E-state index in [0.717, 1.165) is 11.1 Å². The zero-order valence-electron chi connectivity index (χ0n) is 10.5. The Labute approximate surface area is 106 Å². The molecule has 1 aromatic rings. The molecule has 0 bridgehead atoms. The average Bonchev–Trinajstić information content (AvgIpc) is 2.38. The predicted molar refractivity (Wildman–Crippen MR) is 65.1 cm³/mol. The summed E-state index contributed by atoms with van der Waals surface area (Å²) in [7, 11) is 1.31. The Hall–Kier alpha value is -2.02. The highest BCUT2D eigenvalue weighted by atomic mass is 16.6. The lowest BCUT2D eigenvalue weighted by Gasteiger charge is -2.34. The van der Waals surface area contributed by atoms with E-state index in [9.17, 15) is 4.79 Å². The third-order valence-electron chi connectivity index (χ3n) is 3.24. The van der Waals surface area contributed by atoms with Crippen molar-refractivity contribution in [1.82, 2.24) is 0 Å². The number of hydrogen-bond donors (Lipinski definition) is 0. The highest BCUT2D eigenvalue weighted by Gasteiger charge is 2.44. The molecular weight excluding hydrogens is 230 g/mol. The van der Waals surface area contributed by atoms with E-state index < -0.39 is 11.6 Å². The number of aryl methyl sites for hydroxylation is 2. The van der Waals surface area contributed by atoms with E-state index in [-0.39, 0.29) is 6.42 Å². The van der Waals surface area contributed by atoms with Crippen LogP contribution in [0.1, 0.15) is 24.0 Å². The fourth-order valence-corrected chi connectivity index (χ4v) is 2.26. The first-order valence-corrected chi connectivity index (χ1v) is 5.85. The molecule has 0 spiro atoms. The predicted octanol–water partition coefficient (Wildman–Crippen LogP) is 2.15. The molecule has 4 nitrogen and oxygen atoms in total. The summed E-state index contributed by atoms with van der Waals surface area (Å²) >= 11 is 0. The maximum atomic E-state index is 11.9. The molecule has 1 aliphatic rings. The lowest BCUT2D eigenvalue weighted by Crippen LogP contribution is -2.47. The highest BCUT2D eigenvalue weighted by molar-refractivity contribution is 5.81. The van der Waals surface area contributed by atoms with E-state index in [4.69, 9.17) is 14.7 Å². The second kappa shape index (κ2) is 4.69. The monoisotopic (exact) mass is 245 g/mol. The smallest absolute Gasteiger partial charge is 0.351 e. The van der Waals surface area contributed by atoms with Crippen molar-refractivity contribution in [3.05, 3.63) is 29.3 Å². The number of benzene rings is 1. The van der Waals surface area contributed by atoms with Crippen LogP contribution in [0.15, 0.2) is 18.2 Å². The second-order valence-corrected chi connectivity index (χ2v) is 4.53. The number of esters is 1. The SMILES string of the molecule is COC(=O)C1(CC#N)CCc2cc(C)ccc2O1. The molecule has 1 aliphatic heterocycles. The van der Waals surface area contributed by atoms with E-state index in [0.29, 0.717) is 18.6 Å². The van der Waals surface area contributed by atoms with Gasteiger partial charge in [0.2, 0.25) is 5.60 Å². The largest absolute Gasteiger partial charge is 0.474 e. The summed E-state index contributed by atoms with van der Waals surface area (Å²) in [5, 5.41) is 8.88. The van der Waals surface area contributed by atoms with Crippen molar-refractivity contribution in [2.75, 3.05) is 7.11 Å². The first kappa shape index (κ1) is 12.4. The van der Waals surface area contributed by atoms with Crippen LogP contribution in [-0.2, 0) is 16.0 Å². The van der Waals surface area contributed by atoms with E-state index in [2.05, 4.69) is 0 Å². The molecule has 4 heteroatoms. The molecule has 1 atom stereocenters. The van der Waals surface area contributed by atoms with Gasteiger partial charge in [-0.3, -0.25) is 0 Å². The van der Waals surface area contributed by atoms with E-state index in [1.165, 1.54) is 7.11 Å². The third-order valence-corrected chi connectivity index (χ3v) is 3.24. The zero-order chi connectivity index (χ0) is 13.2. The minimum absolute atomic E-state index is 0.00693. The highest BCUT2D eigenvalue weighted by Crippen LogP contribution is 2.36. The maximum absolute atomic E-state index is 11.9. The van der Waals surface area contributed by atoms with Crippen molar-refractivity contribution in [2.45, 2.75) is 31.8 Å². The van der Waals surface area contributed by atoms with Gasteiger partial charge in [-0.15, -0.1) is 0 Å². The van der Waals surface area contributed by atoms with Crippen LogP contribution in [0.3, 0.4) is 0 Å². The van der Waals surface area contributed by atoms with Gasteiger partial charge in [-0.25, -0.2) is 4.79 Å². The summed E-state index contributed by atoms with van der Waals surface area (Å²) in [6.45, 7) is 2.01. The normalized spacial score (nSPS) is 21.4. The quantitative estimate of drug-likeness (QED) is 0.749. The first-order chi connectivity index (χ1) is 8.61. The van der Waals surface area contributed by atoms with Gasteiger partial charge in [0, 0.05) is 6.42 Å². The summed E-state index contributed by atoms with van der Waals surface area (Å²) in [6.07, 6.45) is 1.20. The van der Waals surface area contributed by atoms with Crippen LogP contribution in [-0.4, -0.2) is 18.7 Å². The number of nitrogens with zero attached hydrogens (tertiary/aromatic N) is 1. The Morgan fingerprint density at radius 1 is 1.61 bits per heavy atom. The molecule has 1 unspecified atom stereocenters. The molecule has 0 saturated carbocycles. The molecule has 0 saturated heterocycles. The molecule has 18 heavy (non-hydrogen) atoms. The van der Waals surface area contributed by atoms with Crippen LogP contribution in [0.2, 0.25) is 0 Å². The average molecular weight is 245 g/mol. The molecule has 0 aliphatic carbocycles. The fraction of sp³-hybridized carbons (Fsp3) is 0.429. The van der Waals surface area contributed by atoms with Gasteiger partial charge in [0.1, 0.15) is 5.75 Å². The summed E-state index contributed by atoms with van der Waals surface area (Å²) in [5.41, 5.74) is 1.09. The van der Waals surface area contributed by atoms with Crippen LogP contribution in [0, 0.1) is 18.3 Å². The van der Waals surface area contributed by atoms with Crippen LogP contribution < -0.4 is 4.74 Å². The molecule has 0 N–H and O–H groups in total. The van der Waals surface area contributed by atoms with Crippen molar-refractivity contribution in [3.8, 4) is 11.8 Å². The van der Waals surface area contributed by atoms with Gasteiger partial charge >= 0.3 is 5.97 Å². The minimum atomic E-state index is -1.15. The molecule has 1 aromatic carbocycles. The molecule has 0 aromatic heterocycles. The molecule has 94 valence electrons. The summed E-state index contributed by atoms with van der Waals surface area (Å²) in [5.74, 6) is 0.197. The number of carbonyl (C=O) groups is 1. The molecule has 2 rings (SSSR count). The van der Waals surface area contributed by atoms with Gasteiger partial charge in [-0.1, -0.05) is 17.7 Å². The Balaban J connectivity index is 2.36. The van der Waals surface area contributed by atoms with Gasteiger partial charge in [-0.05, 0) is 25.0 Å². The number of methoxy groups -OCH3 is 1. The molecule has 1 heterocycles. The number of carbonyl (C=O) groups excluding carboxylic acids is 1. The zero-order valence-corrected chi connectivity index (χ0v) is 10.5. The van der Waals surface area contributed by atoms with E-state index >= 15 is 0 Å². The van der Waals surface area contributed by atoms with E-state index in [1.54, 1.807) is 0 Å². The minimum Gasteiger partial charge on any atom is -0.474 e. The number of hydrogen-bond acceptors (Lipinski definition) is 4. The third kappa shape index (κ3) is 2.04. The van der Waals surface area contributed by atoms with Crippen molar-refractivity contribution >= 4 is 5.97 Å². The lowest BCUT2D eigenvalue weighted by atomic mass is 9.88. The van der Waals surface area contributed by atoms with Gasteiger partial charge in [0.05, 0.1) is 19.6 Å². The van der Waals surface area contributed by atoms with Crippen molar-refractivity contribution in [2.24, 2.45) is 0 Å². The maximum Gasteiger partial charge on any atom is 0.351 e. The van der Waals surface area contributed by atoms with Gasteiger partial charge in [0.15, 0.2) is 0 Å². The molecule has 0 radical (unpaired) electrons. The van der Waals surface area contributed by atoms with Gasteiger partial charge in [0.25, 0.3) is 0 Å². The number of nitriles is 1. The molecule has 0 fully saturated rings. The standard InChI is InChI=1S/C14H15NO3/c1-10-3-4-12-11(9-10)5-6-14(18-12,7-8-15)13(16)17-2/h3-4,9H,5-7H2,1-2H3. The summed E-state index contributed by atoms with van der Waals surface area (Å²) < 4.78 is 10.5. The number of rotatable bonds is 2. The van der Waals surface area contributed by atoms with Crippen molar-refractivity contribution in [3.63, 3.8) is 0 Å². The number of fused-ring (bicyclic) bond motifs is 1. The van der Waals surface area contributed by atoms with Crippen molar-refractivity contribution < 1.29 is 14.3 Å². The van der Waals surface area contributed by atoms with Crippen LogP contribution in [0.5, 0.6) is 5.75 Å². The Morgan fingerprint density at radius 2 is 2.39 bits per heavy atom. The summed E-state index contributed by atoms with van der Waals surface area (Å²) in [4.78, 5) is 11.9. The summed E-state index contributed by atoms with van der Waals surface area (Å²) in [6, 6.07) is 7.83. The number of ether oxygens (including phenoxy) is 2. The Bertz CT molecular complexity index is 518. The second-order valence-electron chi connectivity index (χ2n) is 4.53. The van der Waals surface area contributed by atoms with Crippen LogP contribution >= 0.6 is 0 Å². The Kier molecular flexibility index (Phi) is 3.24. The first-order valence-electron chi connectivity index (χ1n) is 5.85. The topological polar surface area (TPSA) is 59.3 Å². The van der Waals surface area contributed by atoms with Crippen LogP contribution in [0.25, 0.3) is 0 Å². The van der Waals surface area contributed by atoms with E-state index in [1.807, 2.05) is 31.2 Å². The lowest BCUT2D eigenvalue weighted by molar-refractivity contribution is -0.160. The molecular formula is C14H15NO3.